The van der Waals surface area contributed by atoms with E-state index in [2.05, 4.69) is 5.32 Å². The van der Waals surface area contributed by atoms with Crippen LogP contribution >= 0.6 is 11.6 Å². The zero-order valence-electron chi connectivity index (χ0n) is 7.78. The fourth-order valence-corrected chi connectivity index (χ4v) is 1.27. The van der Waals surface area contributed by atoms with Gasteiger partial charge < -0.3 is 15.5 Å². The maximum Gasteiger partial charge on any atom is 0.0633 e. The van der Waals surface area contributed by atoms with Crippen LogP contribution in [0.2, 0.25) is 5.02 Å². The molecule has 0 fully saturated rings. The molecule has 1 aromatic rings. The van der Waals surface area contributed by atoms with Crippen LogP contribution in [0.3, 0.4) is 0 Å². The number of rotatable bonds is 5. The quantitative estimate of drug-likeness (QED) is 0.698. The Balaban J connectivity index is 2.53. The van der Waals surface area contributed by atoms with Gasteiger partial charge in [0.1, 0.15) is 0 Å². The van der Waals surface area contributed by atoms with E-state index in [4.69, 9.17) is 21.8 Å². The number of aliphatic hydroxyl groups is 2. The predicted octanol–water partition coefficient (Wildman–Crippen LogP) is 1.50. The lowest BCUT2D eigenvalue weighted by Crippen LogP contribution is -2.24. The van der Waals surface area contributed by atoms with Gasteiger partial charge in [-0.3, -0.25) is 0 Å². The Morgan fingerprint density at radius 1 is 1.21 bits per heavy atom. The van der Waals surface area contributed by atoms with Crippen molar-refractivity contribution in [2.45, 2.75) is 12.5 Å². The molecular formula is C10H14ClNO2. The van der Waals surface area contributed by atoms with Crippen LogP contribution in [0.25, 0.3) is 0 Å². The Kier molecular flexibility index (Phi) is 4.73. The highest BCUT2D eigenvalue weighted by atomic mass is 35.5. The Hall–Kier alpha value is -0.770. The second kappa shape index (κ2) is 5.86. The molecule has 0 saturated carbocycles. The van der Waals surface area contributed by atoms with Crippen LogP contribution in [0.1, 0.15) is 6.42 Å². The molecule has 1 rings (SSSR count). The zero-order chi connectivity index (χ0) is 10.4. The first-order valence-electron chi connectivity index (χ1n) is 4.50. The standard InChI is InChI=1S/C10H14ClNO2/c11-8-1-3-9(4-2-8)12-10(7-14)5-6-13/h1-4,10,12-14H,5-7H2. The largest absolute Gasteiger partial charge is 0.396 e. The predicted molar refractivity (Wildman–Crippen MR) is 57.7 cm³/mol. The van der Waals surface area contributed by atoms with Crippen LogP contribution < -0.4 is 5.32 Å². The van der Waals surface area contributed by atoms with Crippen LogP contribution in [0.15, 0.2) is 24.3 Å². The third-order valence-corrected chi connectivity index (χ3v) is 2.16. The molecule has 0 bridgehead atoms. The lowest BCUT2D eigenvalue weighted by Gasteiger charge is -2.16. The van der Waals surface area contributed by atoms with Gasteiger partial charge in [-0.15, -0.1) is 0 Å². The monoisotopic (exact) mass is 215 g/mol. The summed E-state index contributed by atoms with van der Waals surface area (Å²) in [5.74, 6) is 0. The number of hydrogen-bond acceptors (Lipinski definition) is 3. The van der Waals surface area contributed by atoms with E-state index in [0.29, 0.717) is 11.4 Å². The van der Waals surface area contributed by atoms with Crippen molar-refractivity contribution in [3.63, 3.8) is 0 Å². The topological polar surface area (TPSA) is 52.5 Å². The lowest BCUT2D eigenvalue weighted by atomic mass is 10.2. The average molecular weight is 216 g/mol. The highest BCUT2D eigenvalue weighted by molar-refractivity contribution is 6.30. The smallest absolute Gasteiger partial charge is 0.0633 e. The van der Waals surface area contributed by atoms with Crippen LogP contribution in [0, 0.1) is 0 Å². The summed E-state index contributed by atoms with van der Waals surface area (Å²) in [6, 6.07) is 7.11. The molecule has 0 amide bonds. The van der Waals surface area contributed by atoms with Gasteiger partial charge >= 0.3 is 0 Å². The molecule has 0 spiro atoms. The number of benzene rings is 1. The van der Waals surface area contributed by atoms with Gasteiger partial charge in [-0.05, 0) is 30.7 Å². The first kappa shape index (κ1) is 11.3. The van der Waals surface area contributed by atoms with Gasteiger partial charge in [0, 0.05) is 17.3 Å². The minimum Gasteiger partial charge on any atom is -0.396 e. The number of halogens is 1. The van der Waals surface area contributed by atoms with Gasteiger partial charge in [-0.2, -0.15) is 0 Å². The van der Waals surface area contributed by atoms with Gasteiger partial charge in [0.2, 0.25) is 0 Å². The minimum atomic E-state index is -0.110. The summed E-state index contributed by atoms with van der Waals surface area (Å²) in [5.41, 5.74) is 0.891. The zero-order valence-corrected chi connectivity index (χ0v) is 8.54. The van der Waals surface area contributed by atoms with Gasteiger partial charge in [0.25, 0.3) is 0 Å². The third-order valence-electron chi connectivity index (χ3n) is 1.91. The normalized spacial score (nSPS) is 12.5. The first-order chi connectivity index (χ1) is 6.76. The molecule has 0 aliphatic rings. The van der Waals surface area contributed by atoms with Gasteiger partial charge in [0.05, 0.1) is 12.6 Å². The second-order valence-electron chi connectivity index (χ2n) is 3.04. The fourth-order valence-electron chi connectivity index (χ4n) is 1.15. The molecule has 14 heavy (non-hydrogen) atoms. The van der Waals surface area contributed by atoms with Crippen molar-refractivity contribution in [2.75, 3.05) is 18.5 Å². The third kappa shape index (κ3) is 3.54. The number of hydrogen-bond donors (Lipinski definition) is 3. The van der Waals surface area contributed by atoms with E-state index in [1.54, 1.807) is 12.1 Å². The molecule has 1 atom stereocenters. The Labute approximate surface area is 88.3 Å². The number of anilines is 1. The van der Waals surface area contributed by atoms with Crippen molar-refractivity contribution in [2.24, 2.45) is 0 Å². The van der Waals surface area contributed by atoms with E-state index in [9.17, 15) is 0 Å². The molecule has 78 valence electrons. The molecule has 1 unspecified atom stereocenters. The van der Waals surface area contributed by atoms with E-state index >= 15 is 0 Å². The highest BCUT2D eigenvalue weighted by Gasteiger charge is 2.05. The molecule has 0 radical (unpaired) electrons. The Morgan fingerprint density at radius 3 is 2.36 bits per heavy atom. The van der Waals surface area contributed by atoms with Crippen molar-refractivity contribution in [3.05, 3.63) is 29.3 Å². The van der Waals surface area contributed by atoms with Gasteiger partial charge in [0.15, 0.2) is 0 Å². The minimum absolute atomic E-state index is 0.00316. The first-order valence-corrected chi connectivity index (χ1v) is 4.88. The van der Waals surface area contributed by atoms with E-state index in [1.165, 1.54) is 0 Å². The number of nitrogens with one attached hydrogen (secondary N) is 1. The van der Waals surface area contributed by atoms with Gasteiger partial charge in [-0.25, -0.2) is 0 Å². The molecule has 0 heterocycles. The summed E-state index contributed by atoms with van der Waals surface area (Å²) in [7, 11) is 0. The molecule has 1 aromatic carbocycles. The highest BCUT2D eigenvalue weighted by Crippen LogP contribution is 2.14. The maximum absolute atomic E-state index is 8.97. The van der Waals surface area contributed by atoms with E-state index in [-0.39, 0.29) is 19.3 Å². The van der Waals surface area contributed by atoms with Crippen molar-refractivity contribution in [1.29, 1.82) is 0 Å². The van der Waals surface area contributed by atoms with E-state index in [0.717, 1.165) is 5.69 Å². The Bertz CT molecular complexity index is 263. The average Bonchev–Trinajstić information content (AvgIpc) is 2.20. The summed E-state index contributed by atoms with van der Waals surface area (Å²) >= 11 is 5.73. The fraction of sp³-hybridized carbons (Fsp3) is 0.400. The molecule has 0 aliphatic carbocycles. The van der Waals surface area contributed by atoms with Crippen molar-refractivity contribution in [3.8, 4) is 0 Å². The van der Waals surface area contributed by atoms with E-state index in [1.807, 2.05) is 12.1 Å². The summed E-state index contributed by atoms with van der Waals surface area (Å²) in [5, 5.41) is 21.5. The van der Waals surface area contributed by atoms with Crippen LogP contribution in [0.4, 0.5) is 5.69 Å². The van der Waals surface area contributed by atoms with E-state index < -0.39 is 0 Å². The van der Waals surface area contributed by atoms with Crippen LogP contribution in [-0.4, -0.2) is 29.5 Å². The molecule has 0 aromatic heterocycles. The summed E-state index contributed by atoms with van der Waals surface area (Å²) in [4.78, 5) is 0. The maximum atomic E-state index is 8.97. The summed E-state index contributed by atoms with van der Waals surface area (Å²) < 4.78 is 0. The van der Waals surface area contributed by atoms with Crippen LogP contribution in [0.5, 0.6) is 0 Å². The molecule has 4 heteroatoms. The summed E-state index contributed by atoms with van der Waals surface area (Å²) in [6.45, 7) is 0.0645. The molecular weight excluding hydrogens is 202 g/mol. The molecule has 3 nitrogen and oxygen atoms in total. The lowest BCUT2D eigenvalue weighted by molar-refractivity contribution is 0.229. The van der Waals surface area contributed by atoms with Gasteiger partial charge in [-0.1, -0.05) is 11.6 Å². The summed E-state index contributed by atoms with van der Waals surface area (Å²) in [6.07, 6.45) is 0.527. The molecule has 3 N–H and O–H groups in total. The SMILES string of the molecule is OCCC(CO)Nc1ccc(Cl)cc1. The molecule has 0 aliphatic heterocycles. The molecule has 0 saturated heterocycles. The Morgan fingerprint density at radius 2 is 1.86 bits per heavy atom. The van der Waals surface area contributed by atoms with Crippen molar-refractivity contribution >= 4 is 17.3 Å². The van der Waals surface area contributed by atoms with Crippen molar-refractivity contribution in [1.82, 2.24) is 0 Å². The van der Waals surface area contributed by atoms with Crippen LogP contribution in [-0.2, 0) is 0 Å². The number of aliphatic hydroxyl groups excluding tert-OH is 2. The van der Waals surface area contributed by atoms with Crippen molar-refractivity contribution < 1.29 is 10.2 Å². The second-order valence-corrected chi connectivity index (χ2v) is 3.48.